The summed E-state index contributed by atoms with van der Waals surface area (Å²) < 4.78 is 5.43. The van der Waals surface area contributed by atoms with Crippen molar-refractivity contribution in [3.05, 3.63) is 48.0 Å². The molecule has 1 amide bonds. The second kappa shape index (κ2) is 6.51. The number of nitrogens with one attached hydrogen (secondary N) is 1. The summed E-state index contributed by atoms with van der Waals surface area (Å²) in [5.41, 5.74) is 6.42. The summed E-state index contributed by atoms with van der Waals surface area (Å²) in [4.78, 5) is 11.8. The van der Waals surface area contributed by atoms with Gasteiger partial charge >= 0.3 is 0 Å². The first kappa shape index (κ1) is 14.5. The molecule has 2 rings (SSSR count). The molecule has 0 saturated carbocycles. The maximum absolute atomic E-state index is 11.8. The zero-order valence-corrected chi connectivity index (χ0v) is 11.2. The van der Waals surface area contributed by atoms with Crippen molar-refractivity contribution in [3.63, 3.8) is 0 Å². The first-order chi connectivity index (χ1) is 10.1. The number of hydrogen-bond acceptors (Lipinski definition) is 5. The lowest BCUT2D eigenvalue weighted by Gasteiger charge is -2.09. The molecule has 0 aliphatic rings. The van der Waals surface area contributed by atoms with Crippen molar-refractivity contribution in [2.75, 3.05) is 18.9 Å². The molecule has 21 heavy (non-hydrogen) atoms. The van der Waals surface area contributed by atoms with Gasteiger partial charge in [0.05, 0.1) is 12.2 Å². The largest absolute Gasteiger partial charge is 0.508 e. The molecule has 5 N–H and O–H groups in total. The summed E-state index contributed by atoms with van der Waals surface area (Å²) in [6, 6.07) is 10.8. The third-order valence-corrected chi connectivity index (χ3v) is 2.73. The minimum Gasteiger partial charge on any atom is -0.508 e. The summed E-state index contributed by atoms with van der Waals surface area (Å²) in [6.07, 6.45) is 0. The Morgan fingerprint density at radius 1 is 1.14 bits per heavy atom. The van der Waals surface area contributed by atoms with Crippen molar-refractivity contribution in [1.29, 1.82) is 0 Å². The highest BCUT2D eigenvalue weighted by Gasteiger charge is 2.08. The molecule has 0 spiro atoms. The van der Waals surface area contributed by atoms with Crippen LogP contribution in [-0.4, -0.2) is 29.3 Å². The number of amides is 1. The third-order valence-electron chi connectivity index (χ3n) is 2.73. The maximum atomic E-state index is 11.8. The SMILES string of the molecule is Nc1ccccc1OCCNC(=O)c1cc(O)cc(O)c1. The van der Waals surface area contributed by atoms with E-state index in [0.29, 0.717) is 11.4 Å². The van der Waals surface area contributed by atoms with Crippen LogP contribution in [0.25, 0.3) is 0 Å². The van der Waals surface area contributed by atoms with Crippen LogP contribution in [0.3, 0.4) is 0 Å². The fraction of sp³-hybridized carbons (Fsp3) is 0.133. The van der Waals surface area contributed by atoms with E-state index in [1.54, 1.807) is 24.3 Å². The van der Waals surface area contributed by atoms with Crippen LogP contribution >= 0.6 is 0 Å². The summed E-state index contributed by atoms with van der Waals surface area (Å²) in [6.45, 7) is 0.522. The molecule has 0 heterocycles. The Morgan fingerprint density at radius 2 is 1.81 bits per heavy atom. The van der Waals surface area contributed by atoms with Crippen LogP contribution in [0.15, 0.2) is 42.5 Å². The van der Waals surface area contributed by atoms with Gasteiger partial charge in [-0.2, -0.15) is 0 Å². The normalized spacial score (nSPS) is 10.1. The molecular formula is C15H16N2O4. The van der Waals surface area contributed by atoms with E-state index in [9.17, 15) is 15.0 Å². The van der Waals surface area contributed by atoms with E-state index in [2.05, 4.69) is 5.32 Å². The van der Waals surface area contributed by atoms with E-state index in [1.165, 1.54) is 12.1 Å². The van der Waals surface area contributed by atoms with E-state index in [4.69, 9.17) is 10.5 Å². The van der Waals surface area contributed by atoms with E-state index in [0.717, 1.165) is 6.07 Å². The van der Waals surface area contributed by atoms with Crippen molar-refractivity contribution >= 4 is 11.6 Å². The molecule has 0 radical (unpaired) electrons. The fourth-order valence-electron chi connectivity index (χ4n) is 1.77. The Morgan fingerprint density at radius 3 is 2.48 bits per heavy atom. The molecule has 110 valence electrons. The number of anilines is 1. The van der Waals surface area contributed by atoms with Gasteiger partial charge in [-0.1, -0.05) is 12.1 Å². The second-order valence-electron chi connectivity index (χ2n) is 4.38. The van der Waals surface area contributed by atoms with Gasteiger partial charge in [0.1, 0.15) is 23.9 Å². The predicted octanol–water partition coefficient (Wildman–Crippen LogP) is 1.49. The zero-order valence-electron chi connectivity index (χ0n) is 11.2. The maximum Gasteiger partial charge on any atom is 0.251 e. The molecule has 2 aromatic carbocycles. The average Bonchev–Trinajstić information content (AvgIpc) is 2.44. The van der Waals surface area contributed by atoms with Gasteiger partial charge < -0.3 is 26.0 Å². The van der Waals surface area contributed by atoms with Crippen LogP contribution in [0.4, 0.5) is 5.69 Å². The summed E-state index contributed by atoms with van der Waals surface area (Å²) in [7, 11) is 0. The molecule has 0 aliphatic carbocycles. The van der Waals surface area contributed by atoms with E-state index < -0.39 is 5.91 Å². The Labute approximate surface area is 121 Å². The van der Waals surface area contributed by atoms with Crippen LogP contribution < -0.4 is 15.8 Å². The minimum atomic E-state index is -0.411. The smallest absolute Gasteiger partial charge is 0.251 e. The van der Waals surface area contributed by atoms with Crippen molar-refractivity contribution in [2.24, 2.45) is 0 Å². The van der Waals surface area contributed by atoms with Crippen molar-refractivity contribution in [3.8, 4) is 17.2 Å². The van der Waals surface area contributed by atoms with E-state index >= 15 is 0 Å². The number of rotatable bonds is 5. The standard InChI is InChI=1S/C15H16N2O4/c16-13-3-1-2-4-14(13)21-6-5-17-15(20)10-7-11(18)9-12(19)8-10/h1-4,7-9,18-19H,5-6,16H2,(H,17,20). The lowest BCUT2D eigenvalue weighted by atomic mass is 10.2. The summed E-state index contributed by atoms with van der Waals surface area (Å²) in [5.74, 6) is -0.200. The second-order valence-corrected chi connectivity index (χ2v) is 4.38. The highest BCUT2D eigenvalue weighted by Crippen LogP contribution is 2.20. The van der Waals surface area contributed by atoms with Crippen LogP contribution in [0.2, 0.25) is 0 Å². The highest BCUT2D eigenvalue weighted by atomic mass is 16.5. The number of ether oxygens (including phenoxy) is 1. The van der Waals surface area contributed by atoms with Gasteiger partial charge in [0.2, 0.25) is 0 Å². The van der Waals surface area contributed by atoms with Crippen molar-refractivity contribution in [2.45, 2.75) is 0 Å². The van der Waals surface area contributed by atoms with Crippen LogP contribution in [-0.2, 0) is 0 Å². The zero-order chi connectivity index (χ0) is 15.2. The molecule has 0 fully saturated rings. The molecule has 6 nitrogen and oxygen atoms in total. The van der Waals surface area contributed by atoms with Gasteiger partial charge in [0, 0.05) is 11.6 Å². The minimum absolute atomic E-state index is 0.173. The lowest BCUT2D eigenvalue weighted by Crippen LogP contribution is -2.28. The number of nitrogens with two attached hydrogens (primary N) is 1. The van der Waals surface area contributed by atoms with Gasteiger partial charge in [-0.25, -0.2) is 0 Å². The average molecular weight is 288 g/mol. The molecule has 0 atom stereocenters. The molecule has 0 saturated heterocycles. The quantitative estimate of drug-likeness (QED) is 0.493. The monoisotopic (exact) mass is 288 g/mol. The van der Waals surface area contributed by atoms with Gasteiger partial charge in [-0.15, -0.1) is 0 Å². The molecule has 0 aromatic heterocycles. The summed E-state index contributed by atoms with van der Waals surface area (Å²) >= 11 is 0. The van der Waals surface area contributed by atoms with Gasteiger partial charge in [-0.3, -0.25) is 4.79 Å². The van der Waals surface area contributed by atoms with Gasteiger partial charge in [-0.05, 0) is 24.3 Å². The number of nitrogen functional groups attached to an aromatic ring is 1. The topological polar surface area (TPSA) is 105 Å². The van der Waals surface area contributed by atoms with Gasteiger partial charge in [0.25, 0.3) is 5.91 Å². The molecule has 0 aliphatic heterocycles. The number of carbonyl (C=O) groups excluding carboxylic acids is 1. The molecule has 2 aromatic rings. The number of carbonyl (C=O) groups is 1. The molecule has 0 unspecified atom stereocenters. The Kier molecular flexibility index (Phi) is 4.50. The van der Waals surface area contributed by atoms with Crippen molar-refractivity contribution in [1.82, 2.24) is 5.32 Å². The van der Waals surface area contributed by atoms with Crippen LogP contribution in [0.5, 0.6) is 17.2 Å². The lowest BCUT2D eigenvalue weighted by molar-refractivity contribution is 0.0946. The molecule has 6 heteroatoms. The summed E-state index contributed by atoms with van der Waals surface area (Å²) in [5, 5.41) is 21.2. The van der Waals surface area contributed by atoms with Crippen LogP contribution in [0.1, 0.15) is 10.4 Å². The van der Waals surface area contributed by atoms with Gasteiger partial charge in [0.15, 0.2) is 0 Å². The number of para-hydroxylation sites is 2. The first-order valence-corrected chi connectivity index (χ1v) is 6.35. The fourth-order valence-corrected chi connectivity index (χ4v) is 1.77. The highest BCUT2D eigenvalue weighted by molar-refractivity contribution is 5.95. The Bertz CT molecular complexity index is 623. The van der Waals surface area contributed by atoms with Crippen molar-refractivity contribution < 1.29 is 19.7 Å². The third kappa shape index (κ3) is 4.04. The number of phenols is 2. The molecular weight excluding hydrogens is 272 g/mol. The Balaban J connectivity index is 1.83. The number of benzene rings is 2. The number of hydrogen-bond donors (Lipinski definition) is 4. The first-order valence-electron chi connectivity index (χ1n) is 6.35. The van der Waals surface area contributed by atoms with E-state index in [-0.39, 0.29) is 30.2 Å². The number of aromatic hydroxyl groups is 2. The number of phenolic OH excluding ortho intramolecular Hbond substituents is 2. The molecule has 0 bridgehead atoms. The van der Waals surface area contributed by atoms with E-state index in [1.807, 2.05) is 0 Å². The van der Waals surface area contributed by atoms with Crippen LogP contribution in [0, 0.1) is 0 Å². The predicted molar refractivity (Wildman–Crippen MR) is 78.5 cm³/mol. The Hall–Kier alpha value is -2.89.